The number of hydrogen-bond acceptors (Lipinski definition) is 7. The van der Waals surface area contributed by atoms with Gasteiger partial charge in [-0.25, -0.2) is 22.9 Å². The van der Waals surface area contributed by atoms with Crippen LogP contribution in [0.25, 0.3) is 0 Å². The molecule has 0 aliphatic heterocycles. The number of nitrogens with zero attached hydrogens (tertiary/aromatic N) is 1. The van der Waals surface area contributed by atoms with E-state index in [1.807, 2.05) is 0 Å². The summed E-state index contributed by atoms with van der Waals surface area (Å²) in [5, 5.41) is 2.55. The maximum atomic E-state index is 12.0. The minimum Gasteiger partial charge on any atom is -0.464 e. The molecule has 0 fully saturated rings. The zero-order valence-corrected chi connectivity index (χ0v) is 12.6. The number of carbonyl (C=O) groups excluding carboxylic acids is 2. The molecule has 0 saturated heterocycles. The van der Waals surface area contributed by atoms with Gasteiger partial charge in [-0.2, -0.15) is 0 Å². The van der Waals surface area contributed by atoms with Crippen LogP contribution in [0.5, 0.6) is 0 Å². The molecule has 0 atom stereocenters. The number of rotatable bonds is 7. The van der Waals surface area contributed by atoms with Gasteiger partial charge in [-0.15, -0.1) is 11.3 Å². The van der Waals surface area contributed by atoms with Crippen molar-refractivity contribution in [1.82, 2.24) is 15.0 Å². The third-order valence-corrected chi connectivity index (χ3v) is 5.01. The van der Waals surface area contributed by atoms with Crippen molar-refractivity contribution >= 4 is 33.2 Å². The van der Waals surface area contributed by atoms with E-state index in [1.54, 1.807) is 6.92 Å². The first-order valence-electron chi connectivity index (χ1n) is 5.70. The highest BCUT2D eigenvalue weighted by atomic mass is 32.2. The van der Waals surface area contributed by atoms with Crippen molar-refractivity contribution in [1.29, 1.82) is 0 Å². The van der Waals surface area contributed by atoms with Gasteiger partial charge >= 0.3 is 5.97 Å². The third kappa shape index (κ3) is 4.25. The summed E-state index contributed by atoms with van der Waals surface area (Å²) < 4.78 is 30.5. The Morgan fingerprint density at radius 3 is 2.75 bits per heavy atom. The number of esters is 1. The molecule has 0 aromatic carbocycles. The van der Waals surface area contributed by atoms with Gasteiger partial charge in [-0.05, 0) is 6.92 Å². The number of aromatic nitrogens is 1. The van der Waals surface area contributed by atoms with Gasteiger partial charge < -0.3 is 10.1 Å². The Balaban J connectivity index is 2.72. The van der Waals surface area contributed by atoms with Crippen LogP contribution in [-0.2, 0) is 19.6 Å². The number of ether oxygens (including phenoxy) is 1. The molecule has 1 aromatic heterocycles. The number of carbonyl (C=O) groups is 2. The normalized spacial score (nSPS) is 11.1. The molecule has 8 nitrogen and oxygen atoms in total. The second-order valence-electron chi connectivity index (χ2n) is 3.58. The van der Waals surface area contributed by atoms with Crippen molar-refractivity contribution in [3.8, 4) is 0 Å². The Labute approximate surface area is 120 Å². The maximum absolute atomic E-state index is 12.0. The lowest BCUT2D eigenvalue weighted by Gasteiger charge is -2.06. The average molecular weight is 321 g/mol. The van der Waals surface area contributed by atoms with Crippen LogP contribution in [0.1, 0.15) is 23.8 Å². The van der Waals surface area contributed by atoms with Crippen molar-refractivity contribution in [2.24, 2.45) is 0 Å². The van der Waals surface area contributed by atoms with Crippen molar-refractivity contribution in [2.45, 2.75) is 17.6 Å². The van der Waals surface area contributed by atoms with E-state index in [0.717, 1.165) is 18.4 Å². The van der Waals surface area contributed by atoms with E-state index in [9.17, 15) is 18.0 Å². The summed E-state index contributed by atoms with van der Waals surface area (Å²) in [6.45, 7) is 2.18. The highest BCUT2D eigenvalue weighted by Gasteiger charge is 2.26. The standard InChI is InChI=1S/C10H15N3O5S2/c1-3-11-7(14)4-5-13-20(16,17)10-8(9(15)18-2)12-6-19-10/h6,13H,3-5H2,1-2H3,(H,11,14). The largest absolute Gasteiger partial charge is 0.464 e. The number of amides is 1. The highest BCUT2D eigenvalue weighted by Crippen LogP contribution is 2.20. The monoisotopic (exact) mass is 321 g/mol. The van der Waals surface area contributed by atoms with Crippen LogP contribution in [-0.4, -0.2) is 45.5 Å². The van der Waals surface area contributed by atoms with E-state index in [0.29, 0.717) is 6.54 Å². The molecular weight excluding hydrogens is 306 g/mol. The SMILES string of the molecule is CCNC(=O)CCNS(=O)(=O)c1scnc1C(=O)OC. The molecule has 1 amide bonds. The Hall–Kier alpha value is -1.52. The molecule has 10 heteroatoms. The zero-order chi connectivity index (χ0) is 15.2. The predicted molar refractivity (Wildman–Crippen MR) is 71.9 cm³/mol. The fourth-order valence-electron chi connectivity index (χ4n) is 1.31. The first-order chi connectivity index (χ1) is 9.42. The van der Waals surface area contributed by atoms with E-state index >= 15 is 0 Å². The number of thiazole rings is 1. The van der Waals surface area contributed by atoms with Crippen LogP contribution in [0.15, 0.2) is 9.72 Å². The summed E-state index contributed by atoms with van der Waals surface area (Å²) in [4.78, 5) is 26.3. The average Bonchev–Trinajstić information content (AvgIpc) is 2.88. The maximum Gasteiger partial charge on any atom is 0.358 e. The molecule has 1 rings (SSSR count). The van der Waals surface area contributed by atoms with Crippen molar-refractivity contribution in [3.05, 3.63) is 11.2 Å². The quantitative estimate of drug-likeness (QED) is 0.668. The first-order valence-corrected chi connectivity index (χ1v) is 8.06. The molecule has 0 spiro atoms. The molecule has 0 bridgehead atoms. The predicted octanol–water partition coefficient (Wildman–Crippen LogP) is -0.266. The summed E-state index contributed by atoms with van der Waals surface area (Å²) >= 11 is 0.806. The zero-order valence-electron chi connectivity index (χ0n) is 11.0. The van der Waals surface area contributed by atoms with E-state index in [2.05, 4.69) is 19.8 Å². The Morgan fingerprint density at radius 2 is 2.15 bits per heavy atom. The minimum absolute atomic E-state index is 0.0133. The Kier molecular flexibility index (Phi) is 6.05. The molecule has 20 heavy (non-hydrogen) atoms. The van der Waals surface area contributed by atoms with Gasteiger partial charge in [-0.3, -0.25) is 4.79 Å². The third-order valence-electron chi connectivity index (χ3n) is 2.18. The lowest BCUT2D eigenvalue weighted by molar-refractivity contribution is -0.120. The van der Waals surface area contributed by atoms with E-state index in [1.165, 1.54) is 5.51 Å². The topological polar surface area (TPSA) is 114 Å². The summed E-state index contributed by atoms with van der Waals surface area (Å²) in [7, 11) is -2.75. The number of hydrogen-bond donors (Lipinski definition) is 2. The van der Waals surface area contributed by atoms with Crippen molar-refractivity contribution in [3.63, 3.8) is 0 Å². The second-order valence-corrected chi connectivity index (χ2v) is 6.40. The Morgan fingerprint density at radius 1 is 1.45 bits per heavy atom. The van der Waals surface area contributed by atoms with Crippen LogP contribution in [0.3, 0.4) is 0 Å². The molecule has 0 aliphatic carbocycles. The summed E-state index contributed by atoms with van der Waals surface area (Å²) in [5.74, 6) is -1.08. The lowest BCUT2D eigenvalue weighted by atomic mass is 10.4. The van der Waals surface area contributed by atoms with Gasteiger partial charge in [-0.1, -0.05) is 0 Å². The fourth-order valence-corrected chi connectivity index (χ4v) is 3.52. The highest BCUT2D eigenvalue weighted by molar-refractivity contribution is 7.91. The van der Waals surface area contributed by atoms with Crippen LogP contribution in [0, 0.1) is 0 Å². The molecule has 0 radical (unpaired) electrons. The molecule has 2 N–H and O–H groups in total. The van der Waals surface area contributed by atoms with Crippen molar-refractivity contribution in [2.75, 3.05) is 20.2 Å². The van der Waals surface area contributed by atoms with Crippen LogP contribution in [0.4, 0.5) is 0 Å². The van der Waals surface area contributed by atoms with Crippen LogP contribution >= 0.6 is 11.3 Å². The lowest BCUT2D eigenvalue weighted by Crippen LogP contribution is -2.31. The van der Waals surface area contributed by atoms with E-state index < -0.39 is 16.0 Å². The van der Waals surface area contributed by atoms with E-state index in [4.69, 9.17) is 0 Å². The van der Waals surface area contributed by atoms with Gasteiger partial charge in [0.25, 0.3) is 10.0 Å². The second kappa shape index (κ2) is 7.31. The van der Waals surface area contributed by atoms with Crippen LogP contribution < -0.4 is 10.0 Å². The molecule has 0 unspecified atom stereocenters. The molecule has 112 valence electrons. The van der Waals surface area contributed by atoms with Gasteiger partial charge in [0, 0.05) is 19.5 Å². The smallest absolute Gasteiger partial charge is 0.358 e. The summed E-state index contributed by atoms with van der Waals surface area (Å²) in [6, 6.07) is 0. The number of methoxy groups -OCH3 is 1. The van der Waals surface area contributed by atoms with E-state index in [-0.39, 0.29) is 28.8 Å². The molecule has 1 aromatic rings. The minimum atomic E-state index is -3.89. The summed E-state index contributed by atoms with van der Waals surface area (Å²) in [5.41, 5.74) is 0.980. The van der Waals surface area contributed by atoms with Gasteiger partial charge in [0.15, 0.2) is 9.90 Å². The molecule has 0 saturated carbocycles. The number of nitrogens with one attached hydrogen (secondary N) is 2. The van der Waals surface area contributed by atoms with Crippen LogP contribution in [0.2, 0.25) is 0 Å². The first kappa shape index (κ1) is 16.5. The number of sulfonamides is 1. The van der Waals surface area contributed by atoms with Gasteiger partial charge in [0.1, 0.15) is 0 Å². The van der Waals surface area contributed by atoms with Gasteiger partial charge in [0.2, 0.25) is 5.91 Å². The molecular formula is C10H15N3O5S2. The molecule has 1 heterocycles. The van der Waals surface area contributed by atoms with Gasteiger partial charge in [0.05, 0.1) is 12.6 Å². The summed E-state index contributed by atoms with van der Waals surface area (Å²) in [6.07, 6.45) is 0.0133. The molecule has 0 aliphatic rings. The fraction of sp³-hybridized carbons (Fsp3) is 0.500. The Bertz CT molecular complexity index is 581. The van der Waals surface area contributed by atoms with Crippen molar-refractivity contribution < 1.29 is 22.7 Å².